The van der Waals surface area contributed by atoms with Crippen LogP contribution in [0, 0.1) is 0 Å². The fraction of sp³-hybridized carbons (Fsp3) is 0.333. The Labute approximate surface area is 87.6 Å². The van der Waals surface area contributed by atoms with Crippen LogP contribution in [0.1, 0.15) is 11.7 Å². The third kappa shape index (κ3) is 2.59. The molecule has 0 saturated heterocycles. The molecular formula is C9H13ClN2O2. The topological polar surface area (TPSA) is 67.5 Å². The van der Waals surface area contributed by atoms with Crippen LogP contribution in [0.5, 0.6) is 5.75 Å². The number of halogens is 1. The SMILES string of the molecule is COc1ccc(C(O)CNN)cc1Cl. The number of aliphatic hydroxyl groups is 1. The van der Waals surface area contributed by atoms with E-state index in [4.69, 9.17) is 22.2 Å². The van der Waals surface area contributed by atoms with Crippen LogP contribution in [0.15, 0.2) is 18.2 Å². The molecule has 1 atom stereocenters. The third-order valence-electron chi connectivity index (χ3n) is 1.87. The number of rotatable bonds is 4. The first kappa shape index (κ1) is 11.3. The lowest BCUT2D eigenvalue weighted by Crippen LogP contribution is -2.27. The summed E-state index contributed by atoms with van der Waals surface area (Å²) < 4.78 is 4.99. The molecule has 4 nitrogen and oxygen atoms in total. The second-order valence-corrected chi connectivity index (χ2v) is 3.23. The lowest BCUT2D eigenvalue weighted by atomic mass is 10.1. The smallest absolute Gasteiger partial charge is 0.137 e. The van der Waals surface area contributed by atoms with Crippen molar-refractivity contribution in [3.05, 3.63) is 28.8 Å². The van der Waals surface area contributed by atoms with Gasteiger partial charge in [0.15, 0.2) is 0 Å². The highest BCUT2D eigenvalue weighted by Crippen LogP contribution is 2.27. The number of benzene rings is 1. The molecule has 0 aliphatic heterocycles. The number of hydrazine groups is 1. The van der Waals surface area contributed by atoms with Gasteiger partial charge in [0, 0.05) is 6.54 Å². The lowest BCUT2D eigenvalue weighted by Gasteiger charge is -2.11. The Bertz CT molecular complexity index is 307. The zero-order chi connectivity index (χ0) is 10.6. The molecule has 1 aromatic carbocycles. The van der Waals surface area contributed by atoms with Crippen molar-refractivity contribution in [3.63, 3.8) is 0 Å². The summed E-state index contributed by atoms with van der Waals surface area (Å²) in [4.78, 5) is 0. The summed E-state index contributed by atoms with van der Waals surface area (Å²) in [7, 11) is 1.54. The van der Waals surface area contributed by atoms with Crippen molar-refractivity contribution in [2.75, 3.05) is 13.7 Å². The molecule has 0 amide bonds. The Balaban J connectivity index is 2.85. The largest absolute Gasteiger partial charge is 0.495 e. The van der Waals surface area contributed by atoms with Crippen LogP contribution < -0.4 is 16.0 Å². The molecule has 0 fully saturated rings. The summed E-state index contributed by atoms with van der Waals surface area (Å²) in [6, 6.07) is 5.10. The summed E-state index contributed by atoms with van der Waals surface area (Å²) in [5.74, 6) is 5.68. The van der Waals surface area contributed by atoms with Crippen molar-refractivity contribution in [2.45, 2.75) is 6.10 Å². The van der Waals surface area contributed by atoms with Crippen LogP contribution in [0.2, 0.25) is 5.02 Å². The zero-order valence-corrected chi connectivity index (χ0v) is 8.58. The van der Waals surface area contributed by atoms with Gasteiger partial charge >= 0.3 is 0 Å². The molecule has 0 radical (unpaired) electrons. The molecule has 0 spiro atoms. The van der Waals surface area contributed by atoms with Gasteiger partial charge in [-0.05, 0) is 17.7 Å². The fourth-order valence-electron chi connectivity index (χ4n) is 1.12. The number of nitrogens with two attached hydrogens (primary N) is 1. The first-order valence-electron chi connectivity index (χ1n) is 4.14. The van der Waals surface area contributed by atoms with E-state index in [9.17, 15) is 5.11 Å². The second-order valence-electron chi connectivity index (χ2n) is 2.82. The van der Waals surface area contributed by atoms with Crippen molar-refractivity contribution < 1.29 is 9.84 Å². The van der Waals surface area contributed by atoms with Crippen LogP contribution in [-0.2, 0) is 0 Å². The van der Waals surface area contributed by atoms with E-state index >= 15 is 0 Å². The number of nitrogens with one attached hydrogen (secondary N) is 1. The van der Waals surface area contributed by atoms with Gasteiger partial charge in [-0.1, -0.05) is 17.7 Å². The highest BCUT2D eigenvalue weighted by molar-refractivity contribution is 6.32. The van der Waals surface area contributed by atoms with Gasteiger partial charge < -0.3 is 9.84 Å². The molecule has 0 bridgehead atoms. The predicted octanol–water partition coefficient (Wildman–Crippen LogP) is 0.845. The van der Waals surface area contributed by atoms with E-state index in [1.165, 1.54) is 0 Å². The van der Waals surface area contributed by atoms with E-state index in [0.717, 1.165) is 0 Å². The van der Waals surface area contributed by atoms with E-state index < -0.39 is 6.10 Å². The average Bonchev–Trinajstić information content (AvgIpc) is 2.18. The minimum Gasteiger partial charge on any atom is -0.495 e. The van der Waals surface area contributed by atoms with Crippen LogP contribution in [-0.4, -0.2) is 18.8 Å². The molecule has 78 valence electrons. The van der Waals surface area contributed by atoms with E-state index in [1.54, 1.807) is 25.3 Å². The first-order valence-corrected chi connectivity index (χ1v) is 4.51. The molecule has 1 unspecified atom stereocenters. The maximum Gasteiger partial charge on any atom is 0.137 e. The summed E-state index contributed by atoms with van der Waals surface area (Å²) >= 11 is 5.89. The number of hydrogen-bond acceptors (Lipinski definition) is 4. The highest BCUT2D eigenvalue weighted by Gasteiger charge is 2.08. The van der Waals surface area contributed by atoms with E-state index in [2.05, 4.69) is 5.43 Å². The monoisotopic (exact) mass is 216 g/mol. The van der Waals surface area contributed by atoms with Crippen molar-refractivity contribution in [3.8, 4) is 5.75 Å². The molecule has 4 N–H and O–H groups in total. The molecule has 1 rings (SSSR count). The van der Waals surface area contributed by atoms with Gasteiger partial charge in [0.1, 0.15) is 5.75 Å². The highest BCUT2D eigenvalue weighted by atomic mass is 35.5. The van der Waals surface area contributed by atoms with Gasteiger partial charge in [-0.25, -0.2) is 0 Å². The van der Waals surface area contributed by atoms with Gasteiger partial charge in [-0.2, -0.15) is 0 Å². The second kappa shape index (κ2) is 5.17. The Morgan fingerprint density at radius 3 is 2.86 bits per heavy atom. The molecule has 0 saturated carbocycles. The van der Waals surface area contributed by atoms with Gasteiger partial charge in [0.25, 0.3) is 0 Å². The number of hydrogen-bond donors (Lipinski definition) is 3. The third-order valence-corrected chi connectivity index (χ3v) is 2.17. The Morgan fingerprint density at radius 1 is 1.64 bits per heavy atom. The van der Waals surface area contributed by atoms with Gasteiger partial charge in [-0.3, -0.25) is 11.3 Å². The van der Waals surface area contributed by atoms with Crippen molar-refractivity contribution >= 4 is 11.6 Å². The van der Waals surface area contributed by atoms with Crippen LogP contribution >= 0.6 is 11.6 Å². The van der Waals surface area contributed by atoms with Gasteiger partial charge in [0.2, 0.25) is 0 Å². The summed E-state index contributed by atoms with van der Waals surface area (Å²) in [6.07, 6.45) is -0.664. The van der Waals surface area contributed by atoms with E-state index in [0.29, 0.717) is 16.3 Å². The maximum absolute atomic E-state index is 9.57. The maximum atomic E-state index is 9.57. The van der Waals surface area contributed by atoms with Crippen LogP contribution in [0.4, 0.5) is 0 Å². The standard InChI is InChI=1S/C9H13ClN2O2/c1-14-9-3-2-6(4-7(9)10)8(13)5-12-11/h2-4,8,12-13H,5,11H2,1H3. The van der Waals surface area contributed by atoms with Crippen LogP contribution in [0.25, 0.3) is 0 Å². The molecule has 0 aliphatic rings. The number of ether oxygens (including phenoxy) is 1. The van der Waals surface area contributed by atoms with Crippen LogP contribution in [0.3, 0.4) is 0 Å². The fourth-order valence-corrected chi connectivity index (χ4v) is 1.39. The predicted molar refractivity (Wildman–Crippen MR) is 55.2 cm³/mol. The molecular weight excluding hydrogens is 204 g/mol. The summed E-state index contributed by atoms with van der Waals surface area (Å²) in [5.41, 5.74) is 3.09. The summed E-state index contributed by atoms with van der Waals surface area (Å²) in [6.45, 7) is 0.280. The Morgan fingerprint density at radius 2 is 2.36 bits per heavy atom. The first-order chi connectivity index (χ1) is 6.69. The van der Waals surface area contributed by atoms with Crippen molar-refractivity contribution in [2.24, 2.45) is 5.84 Å². The molecule has 1 aromatic rings. The molecule has 14 heavy (non-hydrogen) atoms. The summed E-state index contributed by atoms with van der Waals surface area (Å²) in [5, 5.41) is 10.0. The minimum atomic E-state index is -0.664. The minimum absolute atomic E-state index is 0.280. The van der Waals surface area contributed by atoms with Gasteiger partial charge in [0.05, 0.1) is 18.2 Å². The lowest BCUT2D eigenvalue weighted by molar-refractivity contribution is 0.175. The number of methoxy groups -OCH3 is 1. The average molecular weight is 217 g/mol. The molecule has 0 aliphatic carbocycles. The van der Waals surface area contributed by atoms with Crippen molar-refractivity contribution in [1.82, 2.24) is 5.43 Å². The number of aliphatic hydroxyl groups excluding tert-OH is 1. The van der Waals surface area contributed by atoms with E-state index in [-0.39, 0.29) is 6.54 Å². The quantitative estimate of drug-likeness (QED) is 0.516. The zero-order valence-electron chi connectivity index (χ0n) is 7.83. The van der Waals surface area contributed by atoms with E-state index in [1.807, 2.05) is 0 Å². The Hall–Kier alpha value is -0.810. The normalized spacial score (nSPS) is 12.6. The molecule has 0 heterocycles. The molecule has 0 aromatic heterocycles. The van der Waals surface area contributed by atoms with Gasteiger partial charge in [-0.15, -0.1) is 0 Å². The Kier molecular flexibility index (Phi) is 4.16. The van der Waals surface area contributed by atoms with Crippen molar-refractivity contribution in [1.29, 1.82) is 0 Å². The molecule has 5 heteroatoms.